The Morgan fingerprint density at radius 3 is 2.74 bits per heavy atom. The van der Waals surface area contributed by atoms with Gasteiger partial charge in [0.2, 0.25) is 5.88 Å². The number of pyridine rings is 1. The van der Waals surface area contributed by atoms with Crippen LogP contribution in [0.2, 0.25) is 0 Å². The van der Waals surface area contributed by atoms with Crippen LogP contribution in [0.25, 0.3) is 0 Å². The zero-order valence-corrected chi connectivity index (χ0v) is 19.1. The lowest BCUT2D eigenvalue weighted by Gasteiger charge is -2.51. The van der Waals surface area contributed by atoms with Crippen LogP contribution < -0.4 is 18.9 Å². The van der Waals surface area contributed by atoms with E-state index in [-0.39, 0.29) is 37.0 Å². The van der Waals surface area contributed by atoms with Gasteiger partial charge in [-0.05, 0) is 24.3 Å². The van der Waals surface area contributed by atoms with E-state index in [4.69, 9.17) is 14.2 Å². The van der Waals surface area contributed by atoms with Gasteiger partial charge in [0.15, 0.2) is 11.6 Å². The average Bonchev–Trinajstić information content (AvgIpc) is 2.81. The first kappa shape index (κ1) is 22.9. The number of fused-ring (bicyclic) bond motifs is 2. The smallest absolute Gasteiger partial charge is 0.416 e. The van der Waals surface area contributed by atoms with Crippen molar-refractivity contribution in [3.63, 3.8) is 0 Å². The third kappa shape index (κ3) is 4.22. The van der Waals surface area contributed by atoms with Crippen molar-refractivity contribution in [2.75, 3.05) is 25.0 Å². The number of benzene rings is 1. The number of carbonyl (C=O) groups is 1. The molecule has 2 aromatic heterocycles. The van der Waals surface area contributed by atoms with Crippen molar-refractivity contribution in [2.45, 2.75) is 12.1 Å². The summed E-state index contributed by atoms with van der Waals surface area (Å²) < 4.78 is 59.3. The Hall–Kier alpha value is -3.88. The van der Waals surface area contributed by atoms with Gasteiger partial charge in [-0.2, -0.15) is 13.5 Å². The number of aromatic nitrogens is 3. The highest BCUT2D eigenvalue weighted by molar-refractivity contribution is 7.90. The fourth-order valence-corrected chi connectivity index (χ4v) is 4.31. The van der Waals surface area contributed by atoms with E-state index in [0.29, 0.717) is 11.3 Å². The molecule has 0 unspecified atom stereocenters. The van der Waals surface area contributed by atoms with Gasteiger partial charge in [-0.15, -0.1) is 5.10 Å². The lowest BCUT2D eigenvalue weighted by Crippen LogP contribution is -2.63. The Balaban J connectivity index is 1.44. The molecule has 1 amide bonds. The first-order valence-electron chi connectivity index (χ1n) is 10.3. The number of hydrogen-bond donors (Lipinski definition) is 2. The first-order chi connectivity index (χ1) is 16.8. The minimum absolute atomic E-state index is 0.0445. The molecule has 0 radical (unpaired) electrons. The van der Waals surface area contributed by atoms with Crippen molar-refractivity contribution in [1.82, 2.24) is 24.8 Å². The molecule has 4 heterocycles. The molecule has 12 nitrogen and oxygen atoms in total. The second-order valence-corrected chi connectivity index (χ2v) is 9.36. The van der Waals surface area contributed by atoms with Gasteiger partial charge in [0.05, 0.1) is 19.8 Å². The molecule has 1 aromatic carbocycles. The minimum Gasteiger partial charge on any atom is -0.437 e. The summed E-state index contributed by atoms with van der Waals surface area (Å²) in [6.45, 7) is 0.138. The number of ether oxygens (including phenoxy) is 3. The van der Waals surface area contributed by atoms with Crippen LogP contribution in [0.15, 0.2) is 48.8 Å². The minimum atomic E-state index is -3.99. The van der Waals surface area contributed by atoms with E-state index >= 15 is 4.39 Å². The second-order valence-electron chi connectivity index (χ2n) is 7.74. The van der Waals surface area contributed by atoms with Crippen LogP contribution in [0.3, 0.4) is 0 Å². The number of nitrogens with zero attached hydrogens (tertiary/aromatic N) is 4. The van der Waals surface area contributed by atoms with E-state index in [9.17, 15) is 13.2 Å². The molecule has 2 aliphatic rings. The van der Waals surface area contributed by atoms with Crippen molar-refractivity contribution in [1.29, 1.82) is 0 Å². The Bertz CT molecular complexity index is 1390. The van der Waals surface area contributed by atoms with E-state index in [1.54, 1.807) is 30.3 Å². The summed E-state index contributed by atoms with van der Waals surface area (Å²) in [6.07, 6.45) is 2.04. The van der Waals surface area contributed by atoms with Gasteiger partial charge in [0.1, 0.15) is 17.0 Å². The maximum Gasteiger partial charge on any atom is 0.416 e. The van der Waals surface area contributed by atoms with E-state index in [1.807, 2.05) is 9.44 Å². The van der Waals surface area contributed by atoms with Crippen LogP contribution >= 0.6 is 0 Å². The Kier molecular flexibility index (Phi) is 5.70. The number of amides is 1. The lowest BCUT2D eigenvalue weighted by atomic mass is 9.84. The van der Waals surface area contributed by atoms with Crippen LogP contribution in [0.4, 0.5) is 15.0 Å². The summed E-state index contributed by atoms with van der Waals surface area (Å²) >= 11 is 0. The predicted molar refractivity (Wildman–Crippen MR) is 118 cm³/mol. The first-order valence-corrected chi connectivity index (χ1v) is 11.8. The maximum absolute atomic E-state index is 15.1. The fourth-order valence-electron chi connectivity index (χ4n) is 3.82. The average molecular weight is 502 g/mol. The number of nitrogens with one attached hydrogen (secondary N) is 2. The van der Waals surface area contributed by atoms with Gasteiger partial charge in [0, 0.05) is 42.7 Å². The summed E-state index contributed by atoms with van der Waals surface area (Å²) in [5.41, 5.74) is -0.181. The van der Waals surface area contributed by atoms with Crippen LogP contribution in [0.5, 0.6) is 17.4 Å². The maximum atomic E-state index is 15.1. The molecule has 1 saturated heterocycles. The quantitative estimate of drug-likeness (QED) is 0.495. The van der Waals surface area contributed by atoms with Gasteiger partial charge in [-0.25, -0.2) is 18.9 Å². The van der Waals surface area contributed by atoms with Gasteiger partial charge in [-0.1, -0.05) is 0 Å². The van der Waals surface area contributed by atoms with E-state index in [1.165, 1.54) is 30.4 Å². The van der Waals surface area contributed by atoms with Crippen molar-refractivity contribution in [3.05, 3.63) is 65.7 Å². The predicted octanol–water partition coefficient (Wildman–Crippen LogP) is 1.92. The standard InChI is InChI=1S/C21H19FN6O6S/c1-23-35(30,31)27-19-18(22)13(6-8-24-19)10-28-20(29)34-16-9-14(33-17-3-2-7-25-26-17)4-5-15(16)21(28)11-32-12-21/h2-9,23H,10-12H2,1H3,(H,24,27). The van der Waals surface area contributed by atoms with Crippen LogP contribution in [0, 0.1) is 5.82 Å². The fraction of sp³-hybridized carbons (Fsp3) is 0.238. The van der Waals surface area contributed by atoms with Crippen LogP contribution in [-0.2, 0) is 27.0 Å². The van der Waals surface area contributed by atoms with Crippen molar-refractivity contribution >= 4 is 22.1 Å². The Morgan fingerprint density at radius 2 is 2.06 bits per heavy atom. The molecule has 3 aromatic rings. The molecule has 0 saturated carbocycles. The number of rotatable bonds is 7. The molecular formula is C21H19FN6O6S. The third-order valence-electron chi connectivity index (χ3n) is 5.64. The monoisotopic (exact) mass is 502 g/mol. The lowest BCUT2D eigenvalue weighted by molar-refractivity contribution is -0.143. The number of carbonyl (C=O) groups excluding carboxylic acids is 1. The summed E-state index contributed by atoms with van der Waals surface area (Å²) in [7, 11) is -2.81. The van der Waals surface area contributed by atoms with Gasteiger partial charge < -0.3 is 14.2 Å². The number of hydrogen-bond acceptors (Lipinski definition) is 9. The van der Waals surface area contributed by atoms with E-state index in [0.717, 1.165) is 0 Å². The zero-order chi connectivity index (χ0) is 24.6. The van der Waals surface area contributed by atoms with Crippen molar-refractivity contribution in [2.24, 2.45) is 0 Å². The Morgan fingerprint density at radius 1 is 1.23 bits per heavy atom. The summed E-state index contributed by atoms with van der Waals surface area (Å²) in [5.74, 6) is -0.452. The van der Waals surface area contributed by atoms with Gasteiger partial charge in [-0.3, -0.25) is 9.62 Å². The molecule has 14 heteroatoms. The zero-order valence-electron chi connectivity index (χ0n) is 18.3. The molecule has 2 N–H and O–H groups in total. The molecular weight excluding hydrogens is 483 g/mol. The molecule has 2 aliphatic heterocycles. The SMILES string of the molecule is CNS(=O)(=O)Nc1nccc(CN2C(=O)Oc3cc(Oc4cccnn4)ccc3C23COC3)c1F. The second kappa shape index (κ2) is 8.72. The van der Waals surface area contributed by atoms with Crippen LogP contribution in [-0.4, -0.2) is 54.9 Å². The highest BCUT2D eigenvalue weighted by atomic mass is 32.2. The number of anilines is 1. The van der Waals surface area contributed by atoms with Gasteiger partial charge in [0.25, 0.3) is 10.2 Å². The normalized spacial score (nSPS) is 16.3. The Labute approximate surface area is 199 Å². The third-order valence-corrected chi connectivity index (χ3v) is 6.64. The van der Waals surface area contributed by atoms with Crippen molar-refractivity contribution < 1.29 is 31.8 Å². The van der Waals surface area contributed by atoms with Gasteiger partial charge >= 0.3 is 6.09 Å². The molecule has 0 atom stereocenters. The van der Waals surface area contributed by atoms with E-state index in [2.05, 4.69) is 15.2 Å². The molecule has 0 aliphatic carbocycles. The summed E-state index contributed by atoms with van der Waals surface area (Å²) in [4.78, 5) is 18.1. The largest absolute Gasteiger partial charge is 0.437 e. The number of halogens is 1. The highest BCUT2D eigenvalue weighted by Crippen LogP contribution is 2.47. The topological polar surface area (TPSA) is 145 Å². The molecule has 1 spiro atoms. The van der Waals surface area contributed by atoms with Crippen LogP contribution in [0.1, 0.15) is 11.1 Å². The molecule has 35 heavy (non-hydrogen) atoms. The van der Waals surface area contributed by atoms with E-state index < -0.39 is 33.5 Å². The summed E-state index contributed by atoms with van der Waals surface area (Å²) in [5, 5.41) is 7.62. The highest BCUT2D eigenvalue weighted by Gasteiger charge is 2.53. The molecule has 182 valence electrons. The summed E-state index contributed by atoms with van der Waals surface area (Å²) in [6, 6.07) is 9.68. The molecule has 5 rings (SSSR count). The van der Waals surface area contributed by atoms with Crippen molar-refractivity contribution in [3.8, 4) is 17.4 Å². The molecule has 0 bridgehead atoms. The molecule has 1 fully saturated rings.